The second-order valence-corrected chi connectivity index (χ2v) is 10.7. The lowest BCUT2D eigenvalue weighted by atomic mass is 10.1. The number of anilines is 1. The molecular weight excluding hydrogens is 563 g/mol. The molecule has 1 aliphatic heterocycles. The van der Waals surface area contributed by atoms with Crippen LogP contribution in [0.2, 0.25) is 0 Å². The molecular formula is C31H44BrFN2O2S. The Bertz CT molecular complexity index is 988. The van der Waals surface area contributed by atoms with E-state index in [9.17, 15) is 9.18 Å². The van der Waals surface area contributed by atoms with Crippen molar-refractivity contribution in [1.29, 1.82) is 0 Å². The standard InChI is InChI=1S/C31H43FN2O2S.BrH/c1-2-3-4-5-6-7-8-9-10-11-12-13-20-36-30-18-17-27(23-29(30)32)31(35)33-28-16-14-15-26(22-28)24-34-19-21-37-25-34;/h14-19,21-23H,2-13,20,24-25H2,1H3,(H,33,35);1H. The molecule has 2 aromatic rings. The van der Waals surface area contributed by atoms with Crippen molar-refractivity contribution in [1.82, 2.24) is 4.90 Å². The molecule has 1 heterocycles. The molecule has 0 aromatic heterocycles. The van der Waals surface area contributed by atoms with Crippen LogP contribution in [0, 0.1) is 5.82 Å². The molecule has 0 spiro atoms. The number of hydrogen-bond donors (Lipinski definition) is 1. The van der Waals surface area contributed by atoms with Crippen molar-refractivity contribution in [3.8, 4) is 5.75 Å². The van der Waals surface area contributed by atoms with Gasteiger partial charge in [-0.2, -0.15) is 0 Å². The van der Waals surface area contributed by atoms with Crippen molar-refractivity contribution in [3.63, 3.8) is 0 Å². The molecule has 0 atom stereocenters. The Balaban J connectivity index is 0.00000507. The number of rotatable bonds is 18. The number of thioether (sulfide) groups is 1. The number of hydrogen-bond acceptors (Lipinski definition) is 4. The molecule has 3 rings (SSSR count). The zero-order chi connectivity index (χ0) is 26.1. The molecule has 0 radical (unpaired) electrons. The van der Waals surface area contributed by atoms with Gasteiger partial charge in [0.15, 0.2) is 11.6 Å². The van der Waals surface area contributed by atoms with Crippen molar-refractivity contribution in [2.24, 2.45) is 0 Å². The van der Waals surface area contributed by atoms with Crippen LogP contribution in [-0.4, -0.2) is 23.3 Å². The first-order chi connectivity index (χ1) is 18.2. The third kappa shape index (κ3) is 12.2. The van der Waals surface area contributed by atoms with E-state index in [-0.39, 0.29) is 34.2 Å². The van der Waals surface area contributed by atoms with Crippen molar-refractivity contribution in [3.05, 3.63) is 71.0 Å². The highest BCUT2D eigenvalue weighted by molar-refractivity contribution is 8.93. The van der Waals surface area contributed by atoms with Gasteiger partial charge in [-0.1, -0.05) is 89.7 Å². The summed E-state index contributed by atoms with van der Waals surface area (Å²) in [6, 6.07) is 12.2. The Labute approximate surface area is 243 Å². The second-order valence-electron chi connectivity index (χ2n) is 9.87. The van der Waals surface area contributed by atoms with E-state index >= 15 is 0 Å². The van der Waals surface area contributed by atoms with E-state index in [4.69, 9.17) is 4.74 Å². The van der Waals surface area contributed by atoms with Gasteiger partial charge >= 0.3 is 0 Å². The molecule has 0 saturated carbocycles. The molecule has 2 aromatic carbocycles. The van der Waals surface area contributed by atoms with Crippen LogP contribution in [0.1, 0.15) is 99.9 Å². The average Bonchev–Trinajstić information content (AvgIpc) is 3.41. The van der Waals surface area contributed by atoms with Gasteiger partial charge in [-0.15, -0.1) is 28.7 Å². The fourth-order valence-corrected chi connectivity index (χ4v) is 5.19. The van der Waals surface area contributed by atoms with Crippen LogP contribution >= 0.6 is 28.7 Å². The minimum Gasteiger partial charge on any atom is -0.491 e. The number of amides is 1. The highest BCUT2D eigenvalue weighted by Gasteiger charge is 2.12. The number of nitrogens with one attached hydrogen (secondary N) is 1. The zero-order valence-corrected chi connectivity index (χ0v) is 25.3. The molecule has 0 saturated heterocycles. The highest BCUT2D eigenvalue weighted by Crippen LogP contribution is 2.22. The third-order valence-corrected chi connectivity index (χ3v) is 7.42. The maximum Gasteiger partial charge on any atom is 0.255 e. The molecule has 1 N–H and O–H groups in total. The van der Waals surface area contributed by atoms with E-state index in [1.54, 1.807) is 23.9 Å². The van der Waals surface area contributed by atoms with E-state index in [0.717, 1.165) is 30.8 Å². The number of nitrogens with zero attached hydrogens (tertiary/aromatic N) is 1. The van der Waals surface area contributed by atoms with Crippen LogP contribution in [0.25, 0.3) is 0 Å². The second kappa shape index (κ2) is 19.1. The highest BCUT2D eigenvalue weighted by atomic mass is 79.9. The van der Waals surface area contributed by atoms with Crippen LogP contribution in [0.3, 0.4) is 0 Å². The fourth-order valence-electron chi connectivity index (χ4n) is 4.48. The Kier molecular flexibility index (Phi) is 16.2. The number of carbonyl (C=O) groups excluding carboxylic acids is 1. The van der Waals surface area contributed by atoms with Gasteiger partial charge in [-0.3, -0.25) is 4.79 Å². The Morgan fingerprint density at radius 3 is 2.26 bits per heavy atom. The molecule has 1 amide bonds. The number of ether oxygens (including phenoxy) is 1. The van der Waals surface area contributed by atoms with E-state index < -0.39 is 5.82 Å². The summed E-state index contributed by atoms with van der Waals surface area (Å²) in [5.74, 6) is 0.306. The van der Waals surface area contributed by atoms with Gasteiger partial charge in [0.05, 0.1) is 12.5 Å². The van der Waals surface area contributed by atoms with E-state index in [2.05, 4.69) is 28.7 Å². The minimum absolute atomic E-state index is 0. The number of benzene rings is 2. The summed E-state index contributed by atoms with van der Waals surface area (Å²) in [6.07, 6.45) is 17.4. The van der Waals surface area contributed by atoms with Crippen LogP contribution in [0.4, 0.5) is 10.1 Å². The predicted molar refractivity (Wildman–Crippen MR) is 165 cm³/mol. The molecule has 0 unspecified atom stereocenters. The first kappa shape index (κ1) is 32.2. The van der Waals surface area contributed by atoms with Crippen LogP contribution < -0.4 is 10.1 Å². The summed E-state index contributed by atoms with van der Waals surface area (Å²) >= 11 is 1.76. The van der Waals surface area contributed by atoms with Gasteiger partial charge in [-0.25, -0.2) is 4.39 Å². The topological polar surface area (TPSA) is 41.6 Å². The molecule has 38 heavy (non-hydrogen) atoms. The molecule has 0 fully saturated rings. The third-order valence-electron chi connectivity index (χ3n) is 6.63. The lowest BCUT2D eigenvalue weighted by Crippen LogP contribution is -2.14. The summed E-state index contributed by atoms with van der Waals surface area (Å²) in [6.45, 7) is 3.54. The first-order valence-corrected chi connectivity index (χ1v) is 15.1. The SMILES string of the molecule is Br.CCCCCCCCCCCCCCOc1ccc(C(=O)Nc2cccc(CN3C=CSC3)c2)cc1F. The minimum atomic E-state index is -0.501. The van der Waals surface area contributed by atoms with Gasteiger partial charge in [0.25, 0.3) is 5.91 Å². The first-order valence-electron chi connectivity index (χ1n) is 14.0. The quantitative estimate of drug-likeness (QED) is 0.171. The number of unbranched alkanes of at least 4 members (excludes halogenated alkanes) is 11. The van der Waals surface area contributed by atoms with Crippen LogP contribution in [-0.2, 0) is 6.54 Å². The summed E-state index contributed by atoms with van der Waals surface area (Å²) in [7, 11) is 0. The molecule has 4 nitrogen and oxygen atoms in total. The van der Waals surface area contributed by atoms with Crippen molar-refractivity contribution >= 4 is 40.3 Å². The van der Waals surface area contributed by atoms with Gasteiger partial charge in [0.1, 0.15) is 0 Å². The Morgan fingerprint density at radius 2 is 1.63 bits per heavy atom. The largest absolute Gasteiger partial charge is 0.491 e. The molecule has 7 heteroatoms. The molecule has 0 bridgehead atoms. The summed E-state index contributed by atoms with van der Waals surface area (Å²) < 4.78 is 20.2. The normalized spacial score (nSPS) is 12.4. The van der Waals surface area contributed by atoms with Crippen molar-refractivity contribution in [2.45, 2.75) is 90.5 Å². The van der Waals surface area contributed by atoms with Gasteiger partial charge in [0, 0.05) is 24.0 Å². The summed E-state index contributed by atoms with van der Waals surface area (Å²) in [4.78, 5) is 14.9. The lowest BCUT2D eigenvalue weighted by Gasteiger charge is -2.15. The maximum absolute atomic E-state index is 14.6. The number of halogens is 2. The Hall–Kier alpha value is -1.99. The average molecular weight is 608 g/mol. The van der Waals surface area contributed by atoms with E-state index in [0.29, 0.717) is 12.3 Å². The molecule has 1 aliphatic rings. The van der Waals surface area contributed by atoms with Gasteiger partial charge < -0.3 is 15.0 Å². The monoisotopic (exact) mass is 606 g/mol. The van der Waals surface area contributed by atoms with Crippen LogP contribution in [0.5, 0.6) is 5.75 Å². The Morgan fingerprint density at radius 1 is 0.947 bits per heavy atom. The zero-order valence-electron chi connectivity index (χ0n) is 22.8. The van der Waals surface area contributed by atoms with Crippen molar-refractivity contribution < 1.29 is 13.9 Å². The molecule has 0 aliphatic carbocycles. The van der Waals surface area contributed by atoms with Gasteiger partial charge in [-0.05, 0) is 47.7 Å². The summed E-state index contributed by atoms with van der Waals surface area (Å²) in [5, 5.41) is 4.95. The smallest absolute Gasteiger partial charge is 0.255 e. The summed E-state index contributed by atoms with van der Waals surface area (Å²) in [5.41, 5.74) is 2.09. The lowest BCUT2D eigenvalue weighted by molar-refractivity contribution is 0.102. The van der Waals surface area contributed by atoms with Crippen LogP contribution in [0.15, 0.2) is 54.1 Å². The molecule has 210 valence electrons. The van der Waals surface area contributed by atoms with E-state index in [1.807, 2.05) is 24.3 Å². The van der Waals surface area contributed by atoms with E-state index in [1.165, 1.54) is 70.3 Å². The predicted octanol–water partition coefficient (Wildman–Crippen LogP) is 9.71. The van der Waals surface area contributed by atoms with Crippen molar-refractivity contribution in [2.75, 3.05) is 17.8 Å². The maximum atomic E-state index is 14.6. The van der Waals surface area contributed by atoms with Gasteiger partial charge in [0.2, 0.25) is 0 Å². The fraction of sp³-hybridized carbons (Fsp3) is 0.516. The number of carbonyl (C=O) groups is 1.